The molecule has 1 fully saturated rings. The quantitative estimate of drug-likeness (QED) is 0.776. The van der Waals surface area contributed by atoms with Crippen molar-refractivity contribution in [3.8, 4) is 5.88 Å². The lowest BCUT2D eigenvalue weighted by atomic mass is 9.99. The van der Waals surface area contributed by atoms with E-state index < -0.39 is 10.2 Å². The Balaban J connectivity index is 1.89. The Kier molecular flexibility index (Phi) is 5.51. The van der Waals surface area contributed by atoms with Gasteiger partial charge in [0.25, 0.3) is 10.2 Å². The van der Waals surface area contributed by atoms with E-state index >= 15 is 0 Å². The summed E-state index contributed by atoms with van der Waals surface area (Å²) < 4.78 is 33.5. The Hall–Kier alpha value is -1.22. The van der Waals surface area contributed by atoms with Crippen LogP contribution in [0.4, 0.5) is 0 Å². The molecule has 1 aromatic heterocycles. The average Bonchev–Trinajstić information content (AvgIpc) is 2.53. The van der Waals surface area contributed by atoms with Gasteiger partial charge < -0.3 is 10.5 Å². The number of pyridine rings is 1. The number of piperidine rings is 1. The van der Waals surface area contributed by atoms with Crippen LogP contribution in [0.15, 0.2) is 18.3 Å². The summed E-state index contributed by atoms with van der Waals surface area (Å²) in [6.07, 6.45) is 3.24. The molecule has 2 heterocycles. The van der Waals surface area contributed by atoms with Crippen LogP contribution in [-0.4, -0.2) is 44.5 Å². The van der Waals surface area contributed by atoms with Crippen LogP contribution in [-0.2, 0) is 16.8 Å². The summed E-state index contributed by atoms with van der Waals surface area (Å²) in [6.45, 7) is 1.89. The van der Waals surface area contributed by atoms with E-state index in [4.69, 9.17) is 10.5 Å². The molecule has 0 aliphatic carbocycles. The van der Waals surface area contributed by atoms with Crippen molar-refractivity contribution in [2.45, 2.75) is 19.4 Å². The number of nitrogens with zero attached hydrogens (tertiary/aromatic N) is 2. The van der Waals surface area contributed by atoms with Crippen LogP contribution in [0.1, 0.15) is 18.4 Å². The number of nitrogens with two attached hydrogens (primary N) is 1. The first-order valence-corrected chi connectivity index (χ1v) is 8.43. The number of aromatic nitrogens is 1. The van der Waals surface area contributed by atoms with Crippen LogP contribution in [0.5, 0.6) is 5.88 Å². The second-order valence-corrected chi connectivity index (χ2v) is 6.87. The third-order valence-electron chi connectivity index (χ3n) is 3.71. The normalized spacial score (nSPS) is 17.8. The molecule has 1 aromatic rings. The molecule has 21 heavy (non-hydrogen) atoms. The number of nitrogens with one attached hydrogen (secondary N) is 1. The molecule has 0 atom stereocenters. The van der Waals surface area contributed by atoms with Crippen LogP contribution in [0.3, 0.4) is 0 Å². The Morgan fingerprint density at radius 2 is 2.14 bits per heavy atom. The summed E-state index contributed by atoms with van der Waals surface area (Å²) in [7, 11) is -1.91. The van der Waals surface area contributed by atoms with Crippen LogP contribution >= 0.6 is 0 Å². The van der Waals surface area contributed by atoms with Crippen molar-refractivity contribution in [2.24, 2.45) is 11.7 Å². The van der Waals surface area contributed by atoms with Crippen molar-refractivity contribution in [1.82, 2.24) is 14.0 Å². The van der Waals surface area contributed by atoms with Crippen LogP contribution in [0.2, 0.25) is 0 Å². The van der Waals surface area contributed by atoms with Gasteiger partial charge in [-0.1, -0.05) is 6.07 Å². The lowest BCUT2D eigenvalue weighted by Crippen LogP contribution is -2.45. The Morgan fingerprint density at radius 1 is 1.43 bits per heavy atom. The largest absolute Gasteiger partial charge is 0.481 e. The van der Waals surface area contributed by atoms with Gasteiger partial charge in [-0.2, -0.15) is 17.4 Å². The van der Waals surface area contributed by atoms with Crippen molar-refractivity contribution >= 4 is 10.2 Å². The molecule has 0 spiro atoms. The molecule has 0 radical (unpaired) electrons. The predicted molar refractivity (Wildman–Crippen MR) is 79.9 cm³/mol. The maximum absolute atomic E-state index is 12.2. The fourth-order valence-electron chi connectivity index (χ4n) is 2.29. The van der Waals surface area contributed by atoms with Gasteiger partial charge in [0.15, 0.2) is 0 Å². The predicted octanol–water partition coefficient (Wildman–Crippen LogP) is 0.0953. The van der Waals surface area contributed by atoms with E-state index in [0.717, 1.165) is 18.4 Å². The minimum atomic E-state index is -3.45. The first-order chi connectivity index (χ1) is 10.0. The molecule has 1 aliphatic heterocycles. The first kappa shape index (κ1) is 16.2. The SMILES string of the molecule is COc1ccc(CNS(=O)(=O)N2CCC(CN)CC2)cn1. The van der Waals surface area contributed by atoms with Gasteiger partial charge in [-0.15, -0.1) is 0 Å². The molecule has 2 rings (SSSR count). The Bertz CT molecular complexity index is 539. The maximum atomic E-state index is 12.2. The maximum Gasteiger partial charge on any atom is 0.279 e. The highest BCUT2D eigenvalue weighted by atomic mass is 32.2. The minimum Gasteiger partial charge on any atom is -0.481 e. The smallest absolute Gasteiger partial charge is 0.279 e. The molecule has 8 heteroatoms. The van der Waals surface area contributed by atoms with Crippen molar-refractivity contribution in [1.29, 1.82) is 0 Å². The number of methoxy groups -OCH3 is 1. The molecule has 3 N–H and O–H groups in total. The van der Waals surface area contributed by atoms with E-state index in [2.05, 4.69) is 9.71 Å². The topological polar surface area (TPSA) is 97.5 Å². The first-order valence-electron chi connectivity index (χ1n) is 6.99. The van der Waals surface area contributed by atoms with Gasteiger partial charge in [0.1, 0.15) is 0 Å². The van der Waals surface area contributed by atoms with Gasteiger partial charge in [0, 0.05) is 31.9 Å². The fourth-order valence-corrected chi connectivity index (χ4v) is 3.51. The van der Waals surface area contributed by atoms with Gasteiger partial charge in [-0.3, -0.25) is 0 Å². The molecule has 1 aliphatic rings. The standard InChI is InChI=1S/C13H22N4O3S/c1-20-13-3-2-12(9-15-13)10-16-21(18,19)17-6-4-11(8-14)5-7-17/h2-3,9,11,16H,4-8,10,14H2,1H3. The molecule has 0 bridgehead atoms. The highest BCUT2D eigenvalue weighted by Gasteiger charge is 2.26. The lowest BCUT2D eigenvalue weighted by Gasteiger charge is -2.30. The average molecular weight is 314 g/mol. The van der Waals surface area contributed by atoms with E-state index in [1.807, 2.05) is 0 Å². The number of hydrogen-bond donors (Lipinski definition) is 2. The monoisotopic (exact) mass is 314 g/mol. The molecule has 0 unspecified atom stereocenters. The van der Waals surface area contributed by atoms with Crippen molar-refractivity contribution in [3.63, 3.8) is 0 Å². The molecule has 0 saturated carbocycles. The fraction of sp³-hybridized carbons (Fsp3) is 0.615. The van der Waals surface area contributed by atoms with Crippen molar-refractivity contribution in [2.75, 3.05) is 26.7 Å². The van der Waals surface area contributed by atoms with E-state index in [1.54, 1.807) is 18.3 Å². The molecule has 7 nitrogen and oxygen atoms in total. The highest BCUT2D eigenvalue weighted by Crippen LogP contribution is 2.18. The van der Waals surface area contributed by atoms with Gasteiger partial charge in [-0.25, -0.2) is 4.98 Å². The van der Waals surface area contributed by atoms with Crippen LogP contribution in [0, 0.1) is 5.92 Å². The summed E-state index contributed by atoms with van der Waals surface area (Å²) in [4.78, 5) is 4.05. The summed E-state index contributed by atoms with van der Waals surface area (Å²) in [5.41, 5.74) is 6.40. The lowest BCUT2D eigenvalue weighted by molar-refractivity contribution is 0.275. The van der Waals surface area contributed by atoms with Gasteiger partial charge in [0.05, 0.1) is 7.11 Å². The zero-order chi connectivity index (χ0) is 15.3. The van der Waals surface area contributed by atoms with Crippen molar-refractivity contribution < 1.29 is 13.2 Å². The number of rotatable bonds is 6. The van der Waals surface area contributed by atoms with Gasteiger partial charge in [0.2, 0.25) is 5.88 Å². The van der Waals surface area contributed by atoms with Crippen LogP contribution < -0.4 is 15.2 Å². The highest BCUT2D eigenvalue weighted by molar-refractivity contribution is 7.87. The molecular formula is C13H22N4O3S. The minimum absolute atomic E-state index is 0.218. The van der Waals surface area contributed by atoms with E-state index in [-0.39, 0.29) is 6.54 Å². The summed E-state index contributed by atoms with van der Waals surface area (Å²) in [6, 6.07) is 3.49. The Labute approximate surface area is 125 Å². The summed E-state index contributed by atoms with van der Waals surface area (Å²) >= 11 is 0. The zero-order valence-electron chi connectivity index (χ0n) is 12.2. The summed E-state index contributed by atoms with van der Waals surface area (Å²) in [5, 5.41) is 0. The second kappa shape index (κ2) is 7.17. The van der Waals surface area contributed by atoms with E-state index in [9.17, 15) is 8.42 Å². The second-order valence-electron chi connectivity index (χ2n) is 5.11. The molecular weight excluding hydrogens is 292 g/mol. The molecule has 1 saturated heterocycles. The van der Waals surface area contributed by atoms with Crippen molar-refractivity contribution in [3.05, 3.63) is 23.9 Å². The Morgan fingerprint density at radius 3 is 2.67 bits per heavy atom. The summed E-state index contributed by atoms with van der Waals surface area (Å²) in [5.74, 6) is 0.938. The molecule has 0 aromatic carbocycles. The van der Waals surface area contributed by atoms with Crippen LogP contribution in [0.25, 0.3) is 0 Å². The van der Waals surface area contributed by atoms with E-state index in [1.165, 1.54) is 11.4 Å². The van der Waals surface area contributed by atoms with E-state index in [0.29, 0.717) is 31.4 Å². The third-order valence-corrected chi connectivity index (χ3v) is 5.27. The molecule has 0 amide bonds. The third kappa shape index (κ3) is 4.37. The number of ether oxygens (including phenoxy) is 1. The number of hydrogen-bond acceptors (Lipinski definition) is 5. The van der Waals surface area contributed by atoms with Gasteiger partial charge in [-0.05, 0) is 30.9 Å². The zero-order valence-corrected chi connectivity index (χ0v) is 13.0. The van der Waals surface area contributed by atoms with Gasteiger partial charge >= 0.3 is 0 Å². The molecule has 118 valence electrons.